The van der Waals surface area contributed by atoms with Crippen molar-refractivity contribution in [3.63, 3.8) is 0 Å². The van der Waals surface area contributed by atoms with Gasteiger partial charge in [0.2, 0.25) is 0 Å². The molecule has 0 rings (SSSR count). The van der Waals surface area contributed by atoms with E-state index in [1.165, 1.54) is 78.5 Å². The molecule has 0 saturated heterocycles. The minimum Gasteiger partial charge on any atom is -0.304 e. The summed E-state index contributed by atoms with van der Waals surface area (Å²) in [4.78, 5) is 9.50. The molecular weight excluding hydrogens is 496 g/mol. The summed E-state index contributed by atoms with van der Waals surface area (Å²) in [6.45, 7) is 40.5. The summed E-state index contributed by atoms with van der Waals surface area (Å²) < 4.78 is 0. The van der Waals surface area contributed by atoms with Gasteiger partial charge in [0.1, 0.15) is 0 Å². The van der Waals surface area contributed by atoms with Crippen molar-refractivity contribution in [2.24, 2.45) is 0 Å². The summed E-state index contributed by atoms with van der Waals surface area (Å²) in [5.74, 6) is 0. The van der Waals surface area contributed by atoms with E-state index in [1.807, 2.05) is 0 Å². The second kappa shape index (κ2) is 36.8. The molecule has 0 aliphatic rings. The molecule has 183 valence electrons. The molecule has 0 bridgehead atoms. The molecule has 0 unspecified atom stereocenters. The smallest absolute Gasteiger partial charge is 0 e. The molecule has 0 aromatic carbocycles. The second-order valence-electron chi connectivity index (χ2n) is 6.48. The summed E-state index contributed by atoms with van der Waals surface area (Å²) in [7, 11) is 0. The van der Waals surface area contributed by atoms with Gasteiger partial charge >= 0.3 is 0 Å². The first-order chi connectivity index (χ1) is 13.4. The number of rotatable bonds is 12. The van der Waals surface area contributed by atoms with Crippen molar-refractivity contribution in [1.29, 1.82) is 0 Å². The maximum absolute atomic E-state index is 2.38. The molecule has 0 aromatic heterocycles. The Balaban J connectivity index is -0.0000000873. The van der Waals surface area contributed by atoms with Crippen LogP contribution in [0.3, 0.4) is 0 Å². The molecule has 4 nitrogen and oxygen atoms in total. The van der Waals surface area contributed by atoms with Crippen LogP contribution in [0.15, 0.2) is 0 Å². The summed E-state index contributed by atoms with van der Waals surface area (Å²) in [6.07, 6.45) is 0. The fourth-order valence-corrected chi connectivity index (χ4v) is 2.68. The predicted molar refractivity (Wildman–Crippen MR) is 134 cm³/mol. The van der Waals surface area contributed by atoms with Crippen LogP contribution in [0.2, 0.25) is 0 Å². The summed E-state index contributed by atoms with van der Waals surface area (Å²) in [5, 5.41) is 0. The topological polar surface area (TPSA) is 13.0 Å². The van der Waals surface area contributed by atoms with Crippen LogP contribution >= 0.6 is 0 Å². The minimum atomic E-state index is 0. The van der Waals surface area contributed by atoms with Gasteiger partial charge in [0, 0.05) is 49.4 Å². The number of hydrogen-bond acceptors (Lipinski definition) is 4. The Morgan fingerprint density at radius 1 is 0.241 bits per heavy atom. The molecule has 0 aromatic rings. The van der Waals surface area contributed by atoms with Crippen LogP contribution in [0.4, 0.5) is 0 Å². The third-order valence-electron chi connectivity index (χ3n) is 5.37. The molecule has 0 aliphatic heterocycles. The molecule has 0 fully saturated rings. The zero-order valence-electron chi connectivity index (χ0n) is 22.7. The molecule has 0 aliphatic carbocycles. The molecule has 0 saturated carbocycles. The normalized spacial score (nSPS) is 9.93. The van der Waals surface area contributed by atoms with E-state index in [9.17, 15) is 0 Å². The first-order valence-electron chi connectivity index (χ1n) is 12.3. The predicted octanol–water partition coefficient (Wildman–Crippen LogP) is 5.39. The van der Waals surface area contributed by atoms with Crippen LogP contribution < -0.4 is 0 Å². The Labute approximate surface area is 228 Å². The maximum atomic E-state index is 2.38. The number of nitrogens with zero attached hydrogens (tertiary/aromatic N) is 4. The average molecular weight is 557 g/mol. The van der Waals surface area contributed by atoms with Crippen molar-refractivity contribution in [2.45, 2.75) is 83.1 Å². The number of hydrogen-bond donors (Lipinski definition) is 0. The van der Waals surface area contributed by atoms with E-state index in [0.717, 1.165) is 0 Å². The molecule has 0 amide bonds. The van der Waals surface area contributed by atoms with Gasteiger partial charge in [-0.05, 0) is 78.5 Å². The largest absolute Gasteiger partial charge is 0.304 e. The van der Waals surface area contributed by atoms with Crippen molar-refractivity contribution in [2.75, 3.05) is 78.5 Å². The Morgan fingerprint density at radius 2 is 0.310 bits per heavy atom. The fourth-order valence-electron chi connectivity index (χ4n) is 2.68. The van der Waals surface area contributed by atoms with Gasteiger partial charge < -0.3 is 19.6 Å². The van der Waals surface area contributed by atoms with Crippen LogP contribution in [-0.2, 0) is 0 Å². The van der Waals surface area contributed by atoms with Crippen LogP contribution in [0.1, 0.15) is 83.1 Å². The summed E-state index contributed by atoms with van der Waals surface area (Å²) in [6, 6.07) is 0. The quantitative estimate of drug-likeness (QED) is 0.320. The zero-order chi connectivity index (χ0) is 22.8. The molecule has 0 N–H and O–H groups in total. The molecule has 0 heterocycles. The van der Waals surface area contributed by atoms with E-state index in [4.69, 9.17) is 0 Å². The van der Waals surface area contributed by atoms with Crippen molar-refractivity contribution >= 4 is 0 Å². The van der Waals surface area contributed by atoms with Crippen molar-refractivity contribution in [1.82, 2.24) is 19.6 Å². The maximum Gasteiger partial charge on any atom is 0 e. The van der Waals surface area contributed by atoms with Gasteiger partial charge in [-0.1, -0.05) is 83.1 Å². The van der Waals surface area contributed by atoms with E-state index >= 15 is 0 Å². The zero-order valence-corrected chi connectivity index (χ0v) is 25.1. The first-order valence-corrected chi connectivity index (χ1v) is 12.3. The van der Waals surface area contributed by atoms with Gasteiger partial charge in [-0.3, -0.25) is 0 Å². The SMILES string of the molecule is CCN(CC)CC.CCN(CC)CC.CCN(CC)CC.CCN(CC)CC.[Eu]. The van der Waals surface area contributed by atoms with E-state index in [-0.39, 0.29) is 49.4 Å². The Morgan fingerprint density at radius 3 is 0.310 bits per heavy atom. The van der Waals surface area contributed by atoms with Crippen LogP contribution in [0.25, 0.3) is 0 Å². The third-order valence-corrected chi connectivity index (χ3v) is 5.37. The molecule has 1 radical (unpaired) electrons. The average Bonchev–Trinajstić information content (AvgIpc) is 2.75. The van der Waals surface area contributed by atoms with Crippen molar-refractivity contribution in [3.05, 3.63) is 0 Å². The van der Waals surface area contributed by atoms with Gasteiger partial charge in [-0.15, -0.1) is 0 Å². The minimum absolute atomic E-state index is 0. The second-order valence-corrected chi connectivity index (χ2v) is 6.48. The molecule has 29 heavy (non-hydrogen) atoms. The van der Waals surface area contributed by atoms with Crippen LogP contribution in [0, 0.1) is 49.4 Å². The van der Waals surface area contributed by atoms with E-state index in [1.54, 1.807) is 0 Å². The monoisotopic (exact) mass is 557 g/mol. The summed E-state index contributed by atoms with van der Waals surface area (Å²) >= 11 is 0. The van der Waals surface area contributed by atoms with Gasteiger partial charge in [-0.25, -0.2) is 0 Å². The fraction of sp³-hybridized carbons (Fsp3) is 1.00. The van der Waals surface area contributed by atoms with Crippen LogP contribution in [-0.4, -0.2) is 98.1 Å². The van der Waals surface area contributed by atoms with Gasteiger partial charge in [0.05, 0.1) is 0 Å². The standard InChI is InChI=1S/4C6H15N.Eu/c4*1-4-7(5-2)6-3;/h4*4-6H2,1-3H3;. The van der Waals surface area contributed by atoms with E-state index < -0.39 is 0 Å². The summed E-state index contributed by atoms with van der Waals surface area (Å²) in [5.41, 5.74) is 0. The van der Waals surface area contributed by atoms with E-state index in [0.29, 0.717) is 0 Å². The van der Waals surface area contributed by atoms with E-state index in [2.05, 4.69) is 103 Å². The van der Waals surface area contributed by atoms with Crippen molar-refractivity contribution in [3.8, 4) is 0 Å². The molecule has 0 spiro atoms. The third kappa shape index (κ3) is 34.2. The van der Waals surface area contributed by atoms with Crippen molar-refractivity contribution < 1.29 is 49.4 Å². The van der Waals surface area contributed by atoms with Gasteiger partial charge in [0.15, 0.2) is 0 Å². The van der Waals surface area contributed by atoms with Crippen LogP contribution in [0.5, 0.6) is 0 Å². The van der Waals surface area contributed by atoms with Gasteiger partial charge in [0.25, 0.3) is 0 Å². The first kappa shape index (κ1) is 40.8. The Kier molecular flexibility index (Phi) is 51.7. The molecular formula is C24H60EuN4. The Bertz CT molecular complexity index is 157. The Hall–Kier alpha value is 1.42. The van der Waals surface area contributed by atoms with Gasteiger partial charge in [-0.2, -0.15) is 0 Å². The molecule has 5 heteroatoms. The molecule has 0 atom stereocenters.